The molecule has 1 amide bonds. The second kappa shape index (κ2) is 10.1. The average molecular weight is 478 g/mol. The molecule has 0 aliphatic carbocycles. The number of amides is 1. The zero-order chi connectivity index (χ0) is 24.1. The van der Waals surface area contributed by atoms with E-state index in [1.54, 1.807) is 36.4 Å². The molecule has 0 fully saturated rings. The van der Waals surface area contributed by atoms with Crippen molar-refractivity contribution in [2.24, 2.45) is 0 Å². The number of ether oxygens (including phenoxy) is 1. The quantitative estimate of drug-likeness (QED) is 0.515. The number of benzene rings is 3. The minimum absolute atomic E-state index is 0.518. The lowest BCUT2D eigenvalue weighted by atomic mass is 9.98. The van der Waals surface area contributed by atoms with Crippen LogP contribution in [0.5, 0.6) is 5.75 Å². The van der Waals surface area contributed by atoms with Gasteiger partial charge in [-0.3, -0.25) is 4.79 Å². The molecule has 0 spiro atoms. The lowest BCUT2D eigenvalue weighted by Crippen LogP contribution is -2.39. The van der Waals surface area contributed by atoms with Gasteiger partial charge in [0.25, 0.3) is 0 Å². The number of carbonyl (C=O) groups is 1. The molecule has 0 aliphatic heterocycles. The third kappa shape index (κ3) is 6.33. The monoisotopic (exact) mass is 478 g/mol. The maximum absolute atomic E-state index is 12.9. The molecular formula is C23H21F3N2O4S. The standard InChI is InChI=1S/C23H21F3N2O4S/c1-32-19-12-10-17(11-13-19)22(16-6-3-2-4-7-16)28-21(29)15-27-33(30,31)20-9-5-8-18(14-20)23(24,25)26/h2-14,22,27H,15H2,1H3,(H,28,29). The first-order valence-corrected chi connectivity index (χ1v) is 11.2. The van der Waals surface area contributed by atoms with Crippen LogP contribution in [0.1, 0.15) is 22.7 Å². The number of rotatable bonds is 8. The van der Waals surface area contributed by atoms with Crippen LogP contribution in [0.2, 0.25) is 0 Å². The summed E-state index contributed by atoms with van der Waals surface area (Å²) in [5.74, 6) is -0.0269. The van der Waals surface area contributed by atoms with E-state index >= 15 is 0 Å². The molecule has 0 radical (unpaired) electrons. The summed E-state index contributed by atoms with van der Waals surface area (Å²) < 4.78 is 70.8. The molecular weight excluding hydrogens is 457 g/mol. The number of hydrogen-bond donors (Lipinski definition) is 2. The van der Waals surface area contributed by atoms with Crippen molar-refractivity contribution in [3.63, 3.8) is 0 Å². The van der Waals surface area contributed by atoms with E-state index in [9.17, 15) is 26.4 Å². The van der Waals surface area contributed by atoms with Crippen molar-refractivity contribution in [1.29, 1.82) is 0 Å². The highest BCUT2D eigenvalue weighted by atomic mass is 32.2. The van der Waals surface area contributed by atoms with Gasteiger partial charge in [0.1, 0.15) is 5.75 Å². The van der Waals surface area contributed by atoms with Gasteiger partial charge >= 0.3 is 6.18 Å². The largest absolute Gasteiger partial charge is 0.497 e. The van der Waals surface area contributed by atoms with Crippen LogP contribution in [-0.2, 0) is 21.0 Å². The topological polar surface area (TPSA) is 84.5 Å². The van der Waals surface area contributed by atoms with E-state index in [-0.39, 0.29) is 0 Å². The van der Waals surface area contributed by atoms with Crippen molar-refractivity contribution < 1.29 is 31.1 Å². The number of halogens is 3. The third-order valence-electron chi connectivity index (χ3n) is 4.78. The van der Waals surface area contributed by atoms with E-state index in [2.05, 4.69) is 10.0 Å². The number of methoxy groups -OCH3 is 1. The van der Waals surface area contributed by atoms with Crippen LogP contribution in [0.15, 0.2) is 83.8 Å². The zero-order valence-electron chi connectivity index (χ0n) is 17.5. The molecule has 174 valence electrons. The summed E-state index contributed by atoms with van der Waals surface area (Å²) in [5, 5.41) is 2.76. The Morgan fingerprint density at radius 3 is 2.18 bits per heavy atom. The van der Waals surface area contributed by atoms with Gasteiger partial charge in [-0.1, -0.05) is 48.5 Å². The predicted octanol–water partition coefficient (Wildman–Crippen LogP) is 3.90. The molecule has 0 saturated carbocycles. The Morgan fingerprint density at radius 2 is 1.58 bits per heavy atom. The van der Waals surface area contributed by atoms with Gasteiger partial charge in [0.15, 0.2) is 0 Å². The number of sulfonamides is 1. The lowest BCUT2D eigenvalue weighted by molar-refractivity contribution is -0.137. The lowest BCUT2D eigenvalue weighted by Gasteiger charge is -2.20. The maximum atomic E-state index is 12.9. The number of hydrogen-bond acceptors (Lipinski definition) is 4. The van der Waals surface area contributed by atoms with E-state index in [1.807, 2.05) is 18.2 Å². The first-order valence-electron chi connectivity index (χ1n) is 9.75. The Balaban J connectivity index is 1.75. The Labute approximate surface area is 189 Å². The first kappa shape index (κ1) is 24.3. The Morgan fingerprint density at radius 1 is 0.939 bits per heavy atom. The molecule has 33 heavy (non-hydrogen) atoms. The van der Waals surface area contributed by atoms with Crippen molar-refractivity contribution in [3.8, 4) is 5.75 Å². The third-order valence-corrected chi connectivity index (χ3v) is 6.18. The van der Waals surface area contributed by atoms with Crippen LogP contribution < -0.4 is 14.8 Å². The van der Waals surface area contributed by atoms with E-state index in [1.165, 1.54) is 7.11 Å². The van der Waals surface area contributed by atoms with Gasteiger partial charge in [-0.25, -0.2) is 13.1 Å². The van der Waals surface area contributed by atoms with Crippen LogP contribution in [0.25, 0.3) is 0 Å². The number of carbonyl (C=O) groups excluding carboxylic acids is 1. The molecule has 0 heterocycles. The van der Waals surface area contributed by atoms with Gasteiger partial charge in [0.2, 0.25) is 15.9 Å². The fourth-order valence-electron chi connectivity index (χ4n) is 3.10. The molecule has 1 atom stereocenters. The minimum atomic E-state index is -4.69. The second-order valence-electron chi connectivity index (χ2n) is 7.03. The SMILES string of the molecule is COc1ccc(C(NC(=O)CNS(=O)(=O)c2cccc(C(F)(F)F)c2)c2ccccc2)cc1. The van der Waals surface area contributed by atoms with E-state index in [0.717, 1.165) is 29.3 Å². The molecule has 0 bridgehead atoms. The van der Waals surface area contributed by atoms with Crippen LogP contribution in [0.4, 0.5) is 13.2 Å². The smallest absolute Gasteiger partial charge is 0.416 e. The van der Waals surface area contributed by atoms with Gasteiger partial charge in [0, 0.05) is 0 Å². The molecule has 10 heteroatoms. The molecule has 6 nitrogen and oxygen atoms in total. The van der Waals surface area contributed by atoms with Gasteiger partial charge in [-0.05, 0) is 41.5 Å². The maximum Gasteiger partial charge on any atom is 0.416 e. The molecule has 0 aromatic heterocycles. The minimum Gasteiger partial charge on any atom is -0.497 e. The number of alkyl halides is 3. The van der Waals surface area contributed by atoms with Crippen molar-refractivity contribution in [2.45, 2.75) is 17.1 Å². The van der Waals surface area contributed by atoms with Crippen LogP contribution in [0, 0.1) is 0 Å². The average Bonchev–Trinajstić information content (AvgIpc) is 2.81. The zero-order valence-corrected chi connectivity index (χ0v) is 18.3. The summed E-state index contributed by atoms with van der Waals surface area (Å²) in [7, 11) is -2.81. The Kier molecular flexibility index (Phi) is 7.39. The summed E-state index contributed by atoms with van der Waals surface area (Å²) in [5.41, 5.74) is 0.395. The summed E-state index contributed by atoms with van der Waals surface area (Å²) in [6.45, 7) is -0.655. The van der Waals surface area contributed by atoms with Crippen LogP contribution in [-0.4, -0.2) is 28.0 Å². The Bertz CT molecular complexity index is 1200. The highest BCUT2D eigenvalue weighted by Crippen LogP contribution is 2.30. The van der Waals surface area contributed by atoms with E-state index < -0.39 is 45.2 Å². The summed E-state index contributed by atoms with van der Waals surface area (Å²) in [6.07, 6.45) is -4.69. The fourth-order valence-corrected chi connectivity index (χ4v) is 4.12. The predicted molar refractivity (Wildman–Crippen MR) is 116 cm³/mol. The van der Waals surface area contributed by atoms with Crippen LogP contribution >= 0.6 is 0 Å². The first-order chi connectivity index (χ1) is 15.6. The van der Waals surface area contributed by atoms with Crippen molar-refractivity contribution in [2.75, 3.05) is 13.7 Å². The summed E-state index contributed by atoms with van der Waals surface area (Å²) >= 11 is 0. The van der Waals surface area contributed by atoms with Gasteiger partial charge < -0.3 is 10.1 Å². The van der Waals surface area contributed by atoms with Crippen molar-refractivity contribution in [1.82, 2.24) is 10.0 Å². The van der Waals surface area contributed by atoms with Crippen LogP contribution in [0.3, 0.4) is 0 Å². The molecule has 3 aromatic carbocycles. The highest BCUT2D eigenvalue weighted by Gasteiger charge is 2.31. The molecule has 3 rings (SSSR count). The molecule has 3 aromatic rings. The summed E-state index contributed by atoms with van der Waals surface area (Å²) in [4.78, 5) is 12.0. The normalized spacial score (nSPS) is 12.7. The van der Waals surface area contributed by atoms with Crippen molar-refractivity contribution >= 4 is 15.9 Å². The molecule has 1 unspecified atom stereocenters. The Hall–Kier alpha value is -3.37. The fraction of sp³-hybridized carbons (Fsp3) is 0.174. The molecule has 0 aliphatic rings. The van der Waals surface area contributed by atoms with Gasteiger partial charge in [0.05, 0.1) is 30.2 Å². The van der Waals surface area contributed by atoms with Crippen molar-refractivity contribution in [3.05, 3.63) is 95.6 Å². The second-order valence-corrected chi connectivity index (χ2v) is 8.80. The molecule has 0 saturated heterocycles. The number of nitrogens with one attached hydrogen (secondary N) is 2. The van der Waals surface area contributed by atoms with Gasteiger partial charge in [-0.2, -0.15) is 13.2 Å². The summed E-state index contributed by atoms with van der Waals surface area (Å²) in [6, 6.07) is 18.8. The van der Waals surface area contributed by atoms with Gasteiger partial charge in [-0.15, -0.1) is 0 Å². The van der Waals surface area contributed by atoms with E-state index in [0.29, 0.717) is 11.8 Å². The highest BCUT2D eigenvalue weighted by molar-refractivity contribution is 7.89. The molecule has 2 N–H and O–H groups in total. The van der Waals surface area contributed by atoms with E-state index in [4.69, 9.17) is 4.74 Å².